The molecule has 2 aliphatic heterocycles. The zero-order valence-electron chi connectivity index (χ0n) is 12.2. The molecule has 2 aliphatic rings. The molecule has 0 saturated carbocycles. The highest BCUT2D eigenvalue weighted by molar-refractivity contribution is 5.78. The second kappa shape index (κ2) is 6.26. The van der Waals surface area contributed by atoms with Crippen molar-refractivity contribution in [2.75, 3.05) is 36.0 Å². The van der Waals surface area contributed by atoms with Crippen LogP contribution in [-0.2, 0) is 4.79 Å². The number of hydrogen-bond donors (Lipinski definition) is 2. The molecule has 3 heterocycles. The summed E-state index contributed by atoms with van der Waals surface area (Å²) in [6.45, 7) is 3.74. The Balaban J connectivity index is 1.65. The molecule has 0 bridgehead atoms. The predicted molar refractivity (Wildman–Crippen MR) is 80.7 cm³/mol. The summed E-state index contributed by atoms with van der Waals surface area (Å²) in [5, 5.41) is 0. The van der Waals surface area contributed by atoms with Gasteiger partial charge in [-0.25, -0.2) is 10.8 Å². The maximum Gasteiger partial charge on any atom is 0.237 e. The zero-order chi connectivity index (χ0) is 14.7. The first-order chi connectivity index (χ1) is 10.3. The Labute approximate surface area is 124 Å². The highest BCUT2D eigenvalue weighted by atomic mass is 16.2. The molecule has 2 fully saturated rings. The molecule has 2 saturated heterocycles. The van der Waals surface area contributed by atoms with E-state index < -0.39 is 0 Å². The van der Waals surface area contributed by atoms with Crippen LogP contribution >= 0.6 is 0 Å². The molecule has 21 heavy (non-hydrogen) atoms. The Hall–Kier alpha value is -1.89. The Morgan fingerprint density at radius 3 is 2.57 bits per heavy atom. The zero-order valence-corrected chi connectivity index (χ0v) is 12.2. The van der Waals surface area contributed by atoms with Crippen molar-refractivity contribution in [3.63, 3.8) is 0 Å². The van der Waals surface area contributed by atoms with Crippen LogP contribution in [0.25, 0.3) is 0 Å². The fraction of sp³-hybridized carbons (Fsp3) is 0.643. The third-order valence-electron chi connectivity index (χ3n) is 4.35. The molecule has 1 amide bonds. The van der Waals surface area contributed by atoms with Gasteiger partial charge in [-0.15, -0.1) is 0 Å². The lowest BCUT2D eigenvalue weighted by Crippen LogP contribution is -2.43. The lowest BCUT2D eigenvalue weighted by molar-refractivity contribution is -0.125. The van der Waals surface area contributed by atoms with E-state index in [1.807, 2.05) is 12.3 Å². The van der Waals surface area contributed by atoms with Crippen molar-refractivity contribution in [1.29, 1.82) is 0 Å². The summed E-state index contributed by atoms with van der Waals surface area (Å²) < 4.78 is 0. The Kier molecular flexibility index (Phi) is 4.19. The highest BCUT2D eigenvalue weighted by Gasteiger charge is 2.26. The number of hydrogen-bond acceptors (Lipinski definition) is 6. The number of rotatable bonds is 3. The molecule has 114 valence electrons. The minimum atomic E-state index is -0.0682. The third kappa shape index (κ3) is 3.07. The second-order valence-electron chi connectivity index (χ2n) is 5.68. The van der Waals surface area contributed by atoms with Crippen molar-refractivity contribution in [3.05, 3.63) is 12.3 Å². The molecule has 0 spiro atoms. The van der Waals surface area contributed by atoms with Crippen LogP contribution in [0.2, 0.25) is 0 Å². The van der Waals surface area contributed by atoms with Crippen molar-refractivity contribution in [1.82, 2.24) is 15.4 Å². The highest BCUT2D eigenvalue weighted by Crippen LogP contribution is 2.23. The predicted octanol–water partition coefficient (Wildman–Crippen LogP) is 0.283. The summed E-state index contributed by atoms with van der Waals surface area (Å²) in [5.74, 6) is 6.92. The molecule has 7 heteroatoms. The Bertz CT molecular complexity index is 494. The van der Waals surface area contributed by atoms with Gasteiger partial charge in [-0.1, -0.05) is 0 Å². The van der Waals surface area contributed by atoms with Gasteiger partial charge >= 0.3 is 0 Å². The molecule has 1 aromatic heterocycles. The first kappa shape index (κ1) is 14.1. The molecule has 0 radical (unpaired) electrons. The topological polar surface area (TPSA) is 87.4 Å². The molecule has 0 aliphatic carbocycles. The lowest BCUT2D eigenvalue weighted by atomic mass is 9.96. The van der Waals surface area contributed by atoms with E-state index >= 15 is 0 Å². The minimum absolute atomic E-state index is 0.00742. The molecule has 3 N–H and O–H groups in total. The number of piperidine rings is 1. The number of carbonyl (C=O) groups excluding carboxylic acids is 1. The van der Waals surface area contributed by atoms with Gasteiger partial charge in [0.05, 0.1) is 0 Å². The molecule has 7 nitrogen and oxygen atoms in total. The molecular weight excluding hydrogens is 268 g/mol. The van der Waals surface area contributed by atoms with Crippen molar-refractivity contribution in [2.45, 2.75) is 25.7 Å². The summed E-state index contributed by atoms with van der Waals surface area (Å²) in [4.78, 5) is 25.1. The molecule has 0 unspecified atom stereocenters. The number of anilines is 2. The molecule has 1 aromatic rings. The number of nitrogens with zero attached hydrogens (tertiary/aromatic N) is 4. The monoisotopic (exact) mass is 290 g/mol. The Morgan fingerprint density at radius 1 is 1.19 bits per heavy atom. The van der Waals surface area contributed by atoms with E-state index in [1.54, 1.807) is 0 Å². The number of amides is 1. The van der Waals surface area contributed by atoms with E-state index in [4.69, 9.17) is 5.84 Å². The fourth-order valence-electron chi connectivity index (χ4n) is 3.07. The van der Waals surface area contributed by atoms with Gasteiger partial charge in [-0.3, -0.25) is 10.2 Å². The van der Waals surface area contributed by atoms with Gasteiger partial charge in [0, 0.05) is 38.3 Å². The molecule has 3 rings (SSSR count). The summed E-state index contributed by atoms with van der Waals surface area (Å²) >= 11 is 0. The first-order valence-electron chi connectivity index (χ1n) is 7.61. The largest absolute Gasteiger partial charge is 0.356 e. The summed E-state index contributed by atoms with van der Waals surface area (Å²) in [7, 11) is 0. The quantitative estimate of drug-likeness (QED) is 0.472. The van der Waals surface area contributed by atoms with Crippen molar-refractivity contribution < 1.29 is 4.79 Å². The summed E-state index contributed by atoms with van der Waals surface area (Å²) in [5.41, 5.74) is 2.24. The Morgan fingerprint density at radius 2 is 1.90 bits per heavy atom. The fourth-order valence-corrected chi connectivity index (χ4v) is 3.07. The minimum Gasteiger partial charge on any atom is -0.356 e. The maximum atomic E-state index is 11.5. The van der Waals surface area contributed by atoms with E-state index in [-0.39, 0.29) is 11.8 Å². The number of nitrogens with one attached hydrogen (secondary N) is 1. The summed E-state index contributed by atoms with van der Waals surface area (Å²) in [6.07, 6.45) is 5.88. The molecule has 0 atom stereocenters. The lowest BCUT2D eigenvalue weighted by Gasteiger charge is -2.31. The summed E-state index contributed by atoms with van der Waals surface area (Å²) in [6, 6.07) is 1.98. The van der Waals surface area contributed by atoms with E-state index in [1.165, 1.54) is 12.8 Å². The normalized spacial score (nSPS) is 19.9. The standard InChI is InChI=1S/C14H22N6O/c15-18-13(21)11-4-9-20(10-5-11)14-16-6-3-12(17-14)19-7-1-2-8-19/h3,6,11H,1-2,4-5,7-10,15H2,(H,18,21). The van der Waals surface area contributed by atoms with Gasteiger partial charge in [-0.05, 0) is 31.7 Å². The van der Waals surface area contributed by atoms with Crippen molar-refractivity contribution >= 4 is 17.7 Å². The molecule has 0 aromatic carbocycles. The third-order valence-corrected chi connectivity index (χ3v) is 4.35. The van der Waals surface area contributed by atoms with Crippen LogP contribution < -0.4 is 21.1 Å². The second-order valence-corrected chi connectivity index (χ2v) is 5.68. The number of hydrazine groups is 1. The van der Waals surface area contributed by atoms with Crippen LogP contribution in [0.3, 0.4) is 0 Å². The average Bonchev–Trinajstić information content (AvgIpc) is 3.09. The van der Waals surface area contributed by atoms with Crippen LogP contribution in [0.15, 0.2) is 12.3 Å². The number of aromatic nitrogens is 2. The van der Waals surface area contributed by atoms with Gasteiger partial charge in [0.25, 0.3) is 0 Å². The van der Waals surface area contributed by atoms with Crippen LogP contribution in [0.5, 0.6) is 0 Å². The van der Waals surface area contributed by atoms with Gasteiger partial charge in [0.1, 0.15) is 5.82 Å². The van der Waals surface area contributed by atoms with Gasteiger partial charge < -0.3 is 9.80 Å². The van der Waals surface area contributed by atoms with Crippen LogP contribution in [0.4, 0.5) is 11.8 Å². The van der Waals surface area contributed by atoms with E-state index in [9.17, 15) is 4.79 Å². The van der Waals surface area contributed by atoms with E-state index in [2.05, 4.69) is 25.2 Å². The van der Waals surface area contributed by atoms with Crippen LogP contribution in [-0.4, -0.2) is 42.1 Å². The van der Waals surface area contributed by atoms with Gasteiger partial charge in [0.15, 0.2) is 0 Å². The SMILES string of the molecule is NNC(=O)C1CCN(c2nccc(N3CCCC3)n2)CC1. The average molecular weight is 290 g/mol. The first-order valence-corrected chi connectivity index (χ1v) is 7.61. The van der Waals surface area contributed by atoms with Crippen LogP contribution in [0, 0.1) is 5.92 Å². The number of nitrogens with two attached hydrogens (primary N) is 1. The maximum absolute atomic E-state index is 11.5. The number of carbonyl (C=O) groups is 1. The van der Waals surface area contributed by atoms with Gasteiger partial charge in [0.2, 0.25) is 11.9 Å². The van der Waals surface area contributed by atoms with Gasteiger partial charge in [-0.2, -0.15) is 4.98 Å². The van der Waals surface area contributed by atoms with Crippen LogP contribution in [0.1, 0.15) is 25.7 Å². The smallest absolute Gasteiger partial charge is 0.237 e. The van der Waals surface area contributed by atoms with E-state index in [0.717, 1.165) is 50.8 Å². The van der Waals surface area contributed by atoms with Crippen molar-refractivity contribution in [2.24, 2.45) is 11.8 Å². The molecular formula is C14H22N6O. The van der Waals surface area contributed by atoms with E-state index in [0.29, 0.717) is 0 Å². The van der Waals surface area contributed by atoms with Crippen molar-refractivity contribution in [3.8, 4) is 0 Å².